The van der Waals surface area contributed by atoms with E-state index in [-0.39, 0.29) is 0 Å². The van der Waals surface area contributed by atoms with Gasteiger partial charge in [0.25, 0.3) is 0 Å². The molecule has 0 aliphatic carbocycles. The van der Waals surface area contributed by atoms with Crippen molar-refractivity contribution >= 4 is 28.7 Å². The highest BCUT2D eigenvalue weighted by Crippen LogP contribution is 2.33. The number of rotatable bonds is 5. The van der Waals surface area contributed by atoms with E-state index in [4.69, 9.17) is 5.73 Å². The zero-order valence-corrected chi connectivity index (χ0v) is 14.8. The summed E-state index contributed by atoms with van der Waals surface area (Å²) in [5, 5.41) is 3.28. The number of aromatic nitrogens is 2. The Labute approximate surface area is 148 Å². The molecular formula is C20H23N5. The van der Waals surface area contributed by atoms with E-state index in [2.05, 4.69) is 59.2 Å². The van der Waals surface area contributed by atoms with Crippen molar-refractivity contribution in [2.45, 2.75) is 20.8 Å². The van der Waals surface area contributed by atoms with Crippen LogP contribution in [0.2, 0.25) is 0 Å². The van der Waals surface area contributed by atoms with Gasteiger partial charge in [0.15, 0.2) is 11.6 Å². The van der Waals surface area contributed by atoms with Crippen molar-refractivity contribution in [1.82, 2.24) is 9.97 Å². The molecule has 0 atom stereocenters. The minimum Gasteiger partial charge on any atom is -0.393 e. The smallest absolute Gasteiger partial charge is 0.161 e. The summed E-state index contributed by atoms with van der Waals surface area (Å²) >= 11 is 0. The molecule has 0 radical (unpaired) electrons. The third kappa shape index (κ3) is 3.71. The van der Waals surface area contributed by atoms with Crippen LogP contribution >= 0.6 is 0 Å². The van der Waals surface area contributed by atoms with Gasteiger partial charge < -0.3 is 16.0 Å². The summed E-state index contributed by atoms with van der Waals surface area (Å²) < 4.78 is 0. The lowest BCUT2D eigenvalue weighted by molar-refractivity contribution is 0.979. The summed E-state index contributed by atoms with van der Waals surface area (Å²) in [6.45, 7) is 6.97. The fourth-order valence-corrected chi connectivity index (χ4v) is 2.73. The molecule has 0 aliphatic heterocycles. The second-order valence-electron chi connectivity index (χ2n) is 6.03. The highest BCUT2D eigenvalue weighted by molar-refractivity contribution is 5.81. The van der Waals surface area contributed by atoms with Crippen LogP contribution in [-0.2, 0) is 0 Å². The number of nitrogens with two attached hydrogens (primary N) is 1. The molecule has 25 heavy (non-hydrogen) atoms. The van der Waals surface area contributed by atoms with Crippen LogP contribution in [0.15, 0.2) is 54.9 Å². The van der Waals surface area contributed by atoms with Crippen molar-refractivity contribution in [2.75, 3.05) is 22.5 Å². The Hall–Kier alpha value is -3.08. The topological polar surface area (TPSA) is 67.1 Å². The predicted octanol–water partition coefficient (Wildman–Crippen LogP) is 4.58. The van der Waals surface area contributed by atoms with Crippen molar-refractivity contribution in [2.24, 2.45) is 0 Å². The minimum absolute atomic E-state index is 0.534. The molecule has 5 nitrogen and oxygen atoms in total. The Balaban J connectivity index is 1.95. The number of aryl methyl sites for hydroxylation is 2. The molecule has 1 aromatic heterocycles. The Kier molecular flexibility index (Phi) is 4.84. The Morgan fingerprint density at radius 1 is 1.00 bits per heavy atom. The number of nitrogens with one attached hydrogen (secondary N) is 1. The van der Waals surface area contributed by atoms with E-state index < -0.39 is 0 Å². The molecule has 0 aliphatic rings. The zero-order chi connectivity index (χ0) is 17.8. The van der Waals surface area contributed by atoms with Gasteiger partial charge in [0.2, 0.25) is 0 Å². The molecule has 1 heterocycles. The highest BCUT2D eigenvalue weighted by atomic mass is 15.2. The van der Waals surface area contributed by atoms with E-state index in [1.54, 1.807) is 6.33 Å². The van der Waals surface area contributed by atoms with E-state index >= 15 is 0 Å². The fraction of sp³-hybridized carbons (Fsp3) is 0.200. The van der Waals surface area contributed by atoms with Gasteiger partial charge in [0.1, 0.15) is 12.0 Å². The molecule has 0 amide bonds. The van der Waals surface area contributed by atoms with Gasteiger partial charge in [0.05, 0.1) is 0 Å². The average molecular weight is 333 g/mol. The van der Waals surface area contributed by atoms with Gasteiger partial charge in [-0.2, -0.15) is 0 Å². The van der Waals surface area contributed by atoms with Gasteiger partial charge in [0, 0.05) is 17.9 Å². The standard InChI is InChI=1S/C20H23N5/c1-4-25(17-7-5-6-15(3)12-17)20-18(21)19(22-13-23-20)24-16-10-8-14(2)9-11-16/h5-13H,4,21H2,1-3H3,(H,22,23,24). The number of hydrogen-bond acceptors (Lipinski definition) is 5. The predicted molar refractivity (Wildman–Crippen MR) is 105 cm³/mol. The van der Waals surface area contributed by atoms with E-state index in [1.165, 1.54) is 11.1 Å². The average Bonchev–Trinajstić information content (AvgIpc) is 2.61. The van der Waals surface area contributed by atoms with E-state index in [0.29, 0.717) is 17.3 Å². The van der Waals surface area contributed by atoms with Crippen LogP contribution in [0.1, 0.15) is 18.1 Å². The summed E-state index contributed by atoms with van der Waals surface area (Å²) in [5.74, 6) is 1.32. The van der Waals surface area contributed by atoms with Crippen LogP contribution in [0.3, 0.4) is 0 Å². The van der Waals surface area contributed by atoms with Crippen molar-refractivity contribution in [3.63, 3.8) is 0 Å². The first-order valence-corrected chi connectivity index (χ1v) is 8.37. The fourth-order valence-electron chi connectivity index (χ4n) is 2.73. The first-order valence-electron chi connectivity index (χ1n) is 8.37. The first-order chi connectivity index (χ1) is 12.1. The molecule has 0 saturated carbocycles. The summed E-state index contributed by atoms with van der Waals surface area (Å²) in [4.78, 5) is 10.8. The number of nitrogens with zero attached hydrogens (tertiary/aromatic N) is 3. The Morgan fingerprint density at radius 3 is 2.44 bits per heavy atom. The summed E-state index contributed by atoms with van der Waals surface area (Å²) in [6.07, 6.45) is 1.54. The number of benzene rings is 2. The molecule has 5 heteroatoms. The molecule has 0 spiro atoms. The number of anilines is 5. The first kappa shape index (κ1) is 16.8. The lowest BCUT2D eigenvalue weighted by Crippen LogP contribution is -2.20. The molecule has 3 N–H and O–H groups in total. The summed E-state index contributed by atoms with van der Waals surface area (Å²) in [6, 6.07) is 16.4. The molecule has 0 bridgehead atoms. The normalized spacial score (nSPS) is 10.5. The van der Waals surface area contributed by atoms with Gasteiger partial charge in [-0.1, -0.05) is 29.8 Å². The van der Waals surface area contributed by atoms with Gasteiger partial charge >= 0.3 is 0 Å². The largest absolute Gasteiger partial charge is 0.393 e. The molecule has 3 rings (SSSR count). The molecule has 0 saturated heterocycles. The van der Waals surface area contributed by atoms with E-state index in [1.807, 2.05) is 30.3 Å². The molecular weight excluding hydrogens is 310 g/mol. The quantitative estimate of drug-likeness (QED) is 0.715. The van der Waals surface area contributed by atoms with Crippen LogP contribution < -0.4 is 16.0 Å². The second kappa shape index (κ2) is 7.21. The van der Waals surface area contributed by atoms with Crippen molar-refractivity contribution in [3.05, 3.63) is 66.0 Å². The highest BCUT2D eigenvalue weighted by Gasteiger charge is 2.16. The van der Waals surface area contributed by atoms with Crippen molar-refractivity contribution < 1.29 is 0 Å². The SMILES string of the molecule is CCN(c1cccc(C)c1)c1ncnc(Nc2ccc(C)cc2)c1N. The maximum absolute atomic E-state index is 6.38. The Morgan fingerprint density at radius 2 is 1.76 bits per heavy atom. The molecule has 3 aromatic rings. The number of hydrogen-bond donors (Lipinski definition) is 2. The van der Waals surface area contributed by atoms with Crippen molar-refractivity contribution in [1.29, 1.82) is 0 Å². The lowest BCUT2D eigenvalue weighted by Gasteiger charge is -2.24. The molecule has 0 unspecified atom stereocenters. The summed E-state index contributed by atoms with van der Waals surface area (Å²) in [7, 11) is 0. The van der Waals surface area contributed by atoms with Crippen LogP contribution in [-0.4, -0.2) is 16.5 Å². The van der Waals surface area contributed by atoms with Gasteiger partial charge in [-0.05, 0) is 50.6 Å². The second-order valence-corrected chi connectivity index (χ2v) is 6.03. The van der Waals surface area contributed by atoms with Crippen LogP contribution in [0.5, 0.6) is 0 Å². The van der Waals surface area contributed by atoms with Gasteiger partial charge in [-0.3, -0.25) is 0 Å². The van der Waals surface area contributed by atoms with Gasteiger partial charge in [-0.25, -0.2) is 9.97 Å². The molecule has 128 valence electrons. The minimum atomic E-state index is 0.534. The van der Waals surface area contributed by atoms with E-state index in [9.17, 15) is 0 Å². The molecule has 0 fully saturated rings. The monoisotopic (exact) mass is 333 g/mol. The maximum atomic E-state index is 6.38. The summed E-state index contributed by atoms with van der Waals surface area (Å²) in [5.41, 5.74) is 11.3. The van der Waals surface area contributed by atoms with Crippen LogP contribution in [0.25, 0.3) is 0 Å². The van der Waals surface area contributed by atoms with Crippen LogP contribution in [0, 0.1) is 13.8 Å². The van der Waals surface area contributed by atoms with Crippen LogP contribution in [0.4, 0.5) is 28.7 Å². The van der Waals surface area contributed by atoms with E-state index in [0.717, 1.165) is 17.9 Å². The Bertz CT molecular complexity index is 858. The third-order valence-corrected chi connectivity index (χ3v) is 4.06. The maximum Gasteiger partial charge on any atom is 0.161 e. The third-order valence-electron chi connectivity index (χ3n) is 4.06. The zero-order valence-electron chi connectivity index (χ0n) is 14.8. The number of nitrogen functional groups attached to an aromatic ring is 1. The lowest BCUT2D eigenvalue weighted by atomic mass is 10.2. The molecule has 2 aromatic carbocycles. The van der Waals surface area contributed by atoms with Gasteiger partial charge in [-0.15, -0.1) is 0 Å². The van der Waals surface area contributed by atoms with Crippen molar-refractivity contribution in [3.8, 4) is 0 Å².